The first-order chi connectivity index (χ1) is 17.3. The van der Waals surface area contributed by atoms with Crippen LogP contribution in [-0.4, -0.2) is 82.0 Å². The summed E-state index contributed by atoms with van der Waals surface area (Å²) < 4.78 is 7.73. The van der Waals surface area contributed by atoms with Crippen molar-refractivity contribution in [1.82, 2.24) is 34.4 Å². The molecule has 4 heterocycles. The van der Waals surface area contributed by atoms with Crippen molar-refractivity contribution in [3.8, 4) is 0 Å². The number of nitrogens with zero attached hydrogens (tertiary/aromatic N) is 6. The van der Waals surface area contributed by atoms with Crippen molar-refractivity contribution < 1.29 is 14.9 Å². The van der Waals surface area contributed by atoms with Gasteiger partial charge in [-0.1, -0.05) is 17.7 Å². The lowest BCUT2D eigenvalue weighted by Gasteiger charge is -2.30. The molecule has 0 bridgehead atoms. The van der Waals surface area contributed by atoms with Gasteiger partial charge in [0.05, 0.1) is 16.9 Å². The van der Waals surface area contributed by atoms with Crippen LogP contribution in [0, 0.1) is 0 Å². The number of nitrogens with two attached hydrogens (primary N) is 1. The van der Waals surface area contributed by atoms with E-state index in [1.807, 2.05) is 18.2 Å². The molecule has 36 heavy (non-hydrogen) atoms. The van der Waals surface area contributed by atoms with E-state index in [9.17, 15) is 10.2 Å². The zero-order valence-electron chi connectivity index (χ0n) is 20.3. The fourth-order valence-corrected chi connectivity index (χ4v) is 4.95. The van der Waals surface area contributed by atoms with Gasteiger partial charge in [-0.3, -0.25) is 9.47 Å². The third kappa shape index (κ3) is 4.76. The summed E-state index contributed by atoms with van der Waals surface area (Å²) in [5, 5.41) is 22.2. The number of benzene rings is 1. The van der Waals surface area contributed by atoms with Crippen LogP contribution in [0.4, 0.5) is 5.82 Å². The number of imidazole rings is 2. The van der Waals surface area contributed by atoms with Gasteiger partial charge in [0.25, 0.3) is 0 Å². The van der Waals surface area contributed by atoms with Crippen LogP contribution >= 0.6 is 11.6 Å². The van der Waals surface area contributed by atoms with Crippen LogP contribution < -0.4 is 5.73 Å². The largest absolute Gasteiger partial charge is 0.387 e. The van der Waals surface area contributed by atoms with Gasteiger partial charge in [0.1, 0.15) is 41.5 Å². The number of halogens is 1. The highest BCUT2D eigenvalue weighted by Crippen LogP contribution is 2.32. The van der Waals surface area contributed by atoms with E-state index in [0.29, 0.717) is 22.7 Å². The molecule has 12 heteroatoms. The number of fused-ring (bicyclic) bond motifs is 2. The van der Waals surface area contributed by atoms with Crippen molar-refractivity contribution in [2.24, 2.45) is 0 Å². The van der Waals surface area contributed by atoms with Gasteiger partial charge in [-0.2, -0.15) is 0 Å². The van der Waals surface area contributed by atoms with Crippen molar-refractivity contribution in [3.63, 3.8) is 0 Å². The van der Waals surface area contributed by atoms with E-state index in [1.54, 1.807) is 4.57 Å². The molecule has 5 rings (SSSR count). The molecule has 0 amide bonds. The number of aliphatic hydroxyl groups excluding tert-OH is 2. The normalized spacial score (nSPS) is 22.5. The lowest BCUT2D eigenvalue weighted by molar-refractivity contribution is -0.0469. The Hall–Kier alpha value is -2.83. The summed E-state index contributed by atoms with van der Waals surface area (Å²) in [6, 6.07) is 5.96. The summed E-state index contributed by atoms with van der Waals surface area (Å²) in [6.07, 6.45) is 1.99. The highest BCUT2D eigenvalue weighted by Gasteiger charge is 2.45. The SMILES string of the molecule is CC(C)N(CCCCc1nc2c(Cl)cccc2[nH]1)CC1OC(n2cnc3c(N)ncnc32)C(O)C1O. The van der Waals surface area contributed by atoms with E-state index in [4.69, 9.17) is 22.1 Å². The summed E-state index contributed by atoms with van der Waals surface area (Å²) in [6.45, 7) is 5.53. The number of nitrogens with one attached hydrogen (secondary N) is 1. The minimum atomic E-state index is -1.13. The Balaban J connectivity index is 1.19. The second-order valence-electron chi connectivity index (χ2n) is 9.49. The molecule has 0 saturated carbocycles. The predicted molar refractivity (Wildman–Crippen MR) is 136 cm³/mol. The van der Waals surface area contributed by atoms with Crippen molar-refractivity contribution >= 4 is 39.6 Å². The topological polar surface area (TPSA) is 151 Å². The fourth-order valence-electron chi connectivity index (χ4n) is 4.73. The number of hydrogen-bond donors (Lipinski definition) is 4. The molecular weight excluding hydrogens is 484 g/mol. The number of ether oxygens (including phenoxy) is 1. The monoisotopic (exact) mass is 514 g/mol. The maximum absolute atomic E-state index is 10.8. The molecule has 5 N–H and O–H groups in total. The Morgan fingerprint density at radius 1 is 1.17 bits per heavy atom. The first kappa shape index (κ1) is 24.8. The van der Waals surface area contributed by atoms with E-state index >= 15 is 0 Å². The molecule has 4 aromatic rings. The molecule has 3 aromatic heterocycles. The van der Waals surface area contributed by atoms with Crippen LogP contribution in [0.25, 0.3) is 22.2 Å². The minimum absolute atomic E-state index is 0.239. The second kappa shape index (κ2) is 10.3. The maximum atomic E-state index is 10.8. The van der Waals surface area contributed by atoms with Gasteiger partial charge >= 0.3 is 0 Å². The second-order valence-corrected chi connectivity index (χ2v) is 9.90. The Morgan fingerprint density at radius 2 is 2.00 bits per heavy atom. The summed E-state index contributed by atoms with van der Waals surface area (Å²) in [4.78, 5) is 22.6. The number of aromatic amines is 1. The van der Waals surface area contributed by atoms with E-state index < -0.39 is 24.5 Å². The van der Waals surface area contributed by atoms with Crippen LogP contribution in [0.15, 0.2) is 30.9 Å². The zero-order valence-corrected chi connectivity index (χ0v) is 21.0. The number of aromatic nitrogens is 6. The van der Waals surface area contributed by atoms with Crippen molar-refractivity contribution in [1.29, 1.82) is 0 Å². The van der Waals surface area contributed by atoms with Gasteiger partial charge in [0.2, 0.25) is 0 Å². The van der Waals surface area contributed by atoms with Gasteiger partial charge in [-0.25, -0.2) is 19.9 Å². The molecule has 11 nitrogen and oxygen atoms in total. The van der Waals surface area contributed by atoms with Crippen LogP contribution in [0.5, 0.6) is 0 Å². The van der Waals surface area contributed by atoms with Crippen LogP contribution in [0.2, 0.25) is 5.02 Å². The zero-order chi connectivity index (χ0) is 25.4. The maximum Gasteiger partial charge on any atom is 0.167 e. The van der Waals surface area contributed by atoms with Crippen LogP contribution in [-0.2, 0) is 11.2 Å². The van der Waals surface area contributed by atoms with E-state index in [2.05, 4.69) is 43.7 Å². The highest BCUT2D eigenvalue weighted by molar-refractivity contribution is 6.34. The third-order valence-electron chi connectivity index (χ3n) is 6.76. The average molecular weight is 515 g/mol. The molecular formula is C24H31ClN8O3. The van der Waals surface area contributed by atoms with Gasteiger partial charge < -0.3 is 25.7 Å². The molecule has 1 saturated heterocycles. The summed E-state index contributed by atoms with van der Waals surface area (Å²) in [7, 11) is 0. The quantitative estimate of drug-likeness (QED) is 0.246. The lowest BCUT2D eigenvalue weighted by Crippen LogP contribution is -2.43. The Kier molecular flexibility index (Phi) is 7.09. The summed E-state index contributed by atoms with van der Waals surface area (Å²) in [5.41, 5.74) is 8.51. The number of hydrogen-bond acceptors (Lipinski definition) is 9. The van der Waals surface area contributed by atoms with Crippen LogP contribution in [0.1, 0.15) is 38.7 Å². The molecule has 1 aliphatic rings. The highest BCUT2D eigenvalue weighted by atomic mass is 35.5. The summed E-state index contributed by atoms with van der Waals surface area (Å²) in [5.74, 6) is 1.17. The Labute approximate surface area is 213 Å². The predicted octanol–water partition coefficient (Wildman–Crippen LogP) is 2.29. The molecule has 0 spiro atoms. The molecule has 0 radical (unpaired) electrons. The molecule has 1 aliphatic heterocycles. The van der Waals surface area contributed by atoms with Gasteiger partial charge in [0.15, 0.2) is 17.7 Å². The van der Waals surface area contributed by atoms with E-state index in [0.717, 1.165) is 42.7 Å². The number of aryl methyl sites for hydroxylation is 1. The average Bonchev–Trinajstić information content (AvgIpc) is 3.54. The first-order valence-electron chi connectivity index (χ1n) is 12.1. The first-order valence-corrected chi connectivity index (χ1v) is 12.5. The standard InChI is InChI=1S/C24H31ClN8O3/c1-13(2)32(9-4-3-8-17-30-15-7-5-6-14(25)18(15)31-17)10-16-20(34)21(35)24(36-16)33-12-29-19-22(26)27-11-28-23(19)33/h5-7,11-13,16,20-21,24,34-35H,3-4,8-10H2,1-2H3,(H,30,31)(H2,26,27,28). The molecule has 0 aliphatic carbocycles. The number of para-hydroxylation sites is 1. The number of rotatable bonds is 9. The van der Waals surface area contributed by atoms with Crippen LogP contribution in [0.3, 0.4) is 0 Å². The molecule has 4 unspecified atom stereocenters. The molecule has 1 fully saturated rings. The van der Waals surface area contributed by atoms with Gasteiger partial charge in [-0.15, -0.1) is 0 Å². The number of anilines is 1. The van der Waals surface area contributed by atoms with E-state index in [1.165, 1.54) is 12.7 Å². The van der Waals surface area contributed by atoms with Crippen molar-refractivity contribution in [3.05, 3.63) is 41.7 Å². The number of H-pyrrole nitrogens is 1. The Morgan fingerprint density at radius 3 is 2.78 bits per heavy atom. The van der Waals surface area contributed by atoms with Crippen molar-refractivity contribution in [2.75, 3.05) is 18.8 Å². The van der Waals surface area contributed by atoms with Gasteiger partial charge in [-0.05, 0) is 45.4 Å². The van der Waals surface area contributed by atoms with Crippen molar-refractivity contribution in [2.45, 2.75) is 63.7 Å². The van der Waals surface area contributed by atoms with Gasteiger partial charge in [0, 0.05) is 19.0 Å². The lowest BCUT2D eigenvalue weighted by atomic mass is 10.1. The Bertz CT molecular complexity index is 1340. The minimum Gasteiger partial charge on any atom is -0.387 e. The molecule has 4 atom stereocenters. The number of unbranched alkanes of at least 4 members (excludes halogenated alkanes) is 1. The third-order valence-corrected chi connectivity index (χ3v) is 7.07. The fraction of sp³-hybridized carbons (Fsp3) is 0.500. The molecule has 192 valence electrons. The smallest absolute Gasteiger partial charge is 0.167 e. The number of aliphatic hydroxyl groups is 2. The number of nitrogen functional groups attached to an aromatic ring is 1. The summed E-state index contributed by atoms with van der Waals surface area (Å²) >= 11 is 6.23. The molecule has 1 aromatic carbocycles. The van der Waals surface area contributed by atoms with E-state index in [-0.39, 0.29) is 11.9 Å².